The van der Waals surface area contributed by atoms with E-state index in [1.54, 1.807) is 13.8 Å². The number of hydrogen-bond donors (Lipinski definition) is 0. The summed E-state index contributed by atoms with van der Waals surface area (Å²) in [4.78, 5) is 25.3. The lowest BCUT2D eigenvalue weighted by atomic mass is 9.85. The molecule has 0 radical (unpaired) electrons. The summed E-state index contributed by atoms with van der Waals surface area (Å²) in [5.41, 5.74) is 4.12. The predicted octanol–water partition coefficient (Wildman–Crippen LogP) is 4.26. The molecule has 1 fully saturated rings. The van der Waals surface area contributed by atoms with Crippen molar-refractivity contribution in [3.05, 3.63) is 48.0 Å². The molecule has 2 aromatic rings. The van der Waals surface area contributed by atoms with Crippen LogP contribution in [0.1, 0.15) is 25.3 Å². The highest BCUT2D eigenvalue weighted by atomic mass is 28.3. The first-order chi connectivity index (χ1) is 12.6. The lowest BCUT2D eigenvalue weighted by Crippen LogP contribution is -2.48. The van der Waals surface area contributed by atoms with Gasteiger partial charge in [0.1, 0.15) is 8.07 Å². The third-order valence-corrected chi connectivity index (χ3v) is 5.16. The maximum Gasteiger partial charge on any atom is 0.325 e. The topological polar surface area (TPSA) is 52.6 Å². The van der Waals surface area contributed by atoms with Gasteiger partial charge in [0.15, 0.2) is 5.92 Å². The second-order valence-electron chi connectivity index (χ2n) is 8.32. The summed E-state index contributed by atoms with van der Waals surface area (Å²) in [6, 6.07) is 13.8. The smallest absolute Gasteiger partial charge is 0.325 e. The van der Waals surface area contributed by atoms with Crippen LogP contribution in [0, 0.1) is 17.4 Å². The normalized spacial score (nSPS) is 18.3. The Bertz CT molecular complexity index is 939. The van der Waals surface area contributed by atoms with Gasteiger partial charge in [-0.3, -0.25) is 9.59 Å². The molecule has 0 bridgehead atoms. The minimum absolute atomic E-state index is 0.584. The van der Waals surface area contributed by atoms with Crippen molar-refractivity contribution in [1.29, 1.82) is 0 Å². The van der Waals surface area contributed by atoms with E-state index in [9.17, 15) is 9.59 Å². The van der Waals surface area contributed by atoms with E-state index in [2.05, 4.69) is 31.1 Å². The average molecular weight is 381 g/mol. The summed E-state index contributed by atoms with van der Waals surface area (Å²) < 4.78 is 10.7. The third kappa shape index (κ3) is 4.40. The SMILES string of the molecule is CC1(C)OC(=O)C([C@H](C#C[Si](C)(C)C)c2ccc3ccccc3c2)C(=O)O1. The molecule has 5 heteroatoms. The number of carbonyl (C=O) groups excluding carboxylic acids is 2. The van der Waals surface area contributed by atoms with Gasteiger partial charge in [-0.05, 0) is 22.4 Å². The number of ether oxygens (including phenoxy) is 2. The monoisotopic (exact) mass is 380 g/mol. The van der Waals surface area contributed by atoms with E-state index >= 15 is 0 Å². The third-order valence-electron chi connectivity index (χ3n) is 4.27. The van der Waals surface area contributed by atoms with E-state index in [1.807, 2.05) is 42.5 Å². The zero-order valence-corrected chi connectivity index (χ0v) is 17.3. The van der Waals surface area contributed by atoms with Gasteiger partial charge >= 0.3 is 11.9 Å². The largest absolute Gasteiger partial charge is 0.422 e. The highest BCUT2D eigenvalue weighted by molar-refractivity contribution is 6.83. The Kier molecular flexibility index (Phi) is 4.87. The average Bonchev–Trinajstić information content (AvgIpc) is 2.55. The van der Waals surface area contributed by atoms with Gasteiger partial charge in [-0.1, -0.05) is 56.0 Å². The van der Waals surface area contributed by atoms with Crippen molar-refractivity contribution in [3.63, 3.8) is 0 Å². The second kappa shape index (κ2) is 6.86. The molecule has 2 aromatic carbocycles. The van der Waals surface area contributed by atoms with E-state index in [-0.39, 0.29) is 0 Å². The number of hydrogen-bond acceptors (Lipinski definition) is 4. The summed E-state index contributed by atoms with van der Waals surface area (Å²) in [6.45, 7) is 9.48. The highest BCUT2D eigenvalue weighted by Gasteiger charge is 2.47. The lowest BCUT2D eigenvalue weighted by molar-refractivity contribution is -0.240. The van der Waals surface area contributed by atoms with Crippen LogP contribution in [0.4, 0.5) is 0 Å². The molecule has 1 atom stereocenters. The van der Waals surface area contributed by atoms with Gasteiger partial charge in [-0.2, -0.15) is 0 Å². The summed E-state index contributed by atoms with van der Waals surface area (Å²) in [5.74, 6) is -0.885. The molecule has 1 aliphatic rings. The second-order valence-corrected chi connectivity index (χ2v) is 13.1. The van der Waals surface area contributed by atoms with Gasteiger partial charge in [0.05, 0.1) is 5.92 Å². The molecule has 0 spiro atoms. The van der Waals surface area contributed by atoms with Crippen LogP contribution in [0.2, 0.25) is 19.6 Å². The summed E-state index contributed by atoms with van der Waals surface area (Å²) in [5, 5.41) is 2.13. The fraction of sp³-hybridized carbons (Fsp3) is 0.364. The Morgan fingerprint density at radius 2 is 1.56 bits per heavy atom. The van der Waals surface area contributed by atoms with Crippen molar-refractivity contribution in [3.8, 4) is 11.5 Å². The highest BCUT2D eigenvalue weighted by Crippen LogP contribution is 2.34. The Labute approximate surface area is 160 Å². The molecular weight excluding hydrogens is 356 g/mol. The van der Waals surface area contributed by atoms with Crippen molar-refractivity contribution >= 4 is 30.8 Å². The van der Waals surface area contributed by atoms with Crippen LogP contribution < -0.4 is 0 Å². The van der Waals surface area contributed by atoms with Gasteiger partial charge in [0, 0.05) is 13.8 Å². The first kappa shape index (κ1) is 19.2. The molecule has 27 heavy (non-hydrogen) atoms. The molecule has 0 aliphatic carbocycles. The number of benzene rings is 2. The zero-order valence-electron chi connectivity index (χ0n) is 16.3. The number of carbonyl (C=O) groups is 2. The van der Waals surface area contributed by atoms with E-state index in [0.29, 0.717) is 0 Å². The van der Waals surface area contributed by atoms with Crippen molar-refractivity contribution in [2.75, 3.05) is 0 Å². The summed E-state index contributed by atoms with van der Waals surface area (Å²) in [7, 11) is -1.71. The van der Waals surface area contributed by atoms with Crippen LogP contribution in [0.5, 0.6) is 0 Å². The van der Waals surface area contributed by atoms with Crippen molar-refractivity contribution < 1.29 is 19.1 Å². The summed E-state index contributed by atoms with van der Waals surface area (Å²) >= 11 is 0. The Morgan fingerprint density at radius 3 is 2.15 bits per heavy atom. The maximum absolute atomic E-state index is 12.6. The number of rotatable bonds is 2. The van der Waals surface area contributed by atoms with Crippen molar-refractivity contribution in [2.24, 2.45) is 5.92 Å². The zero-order chi connectivity index (χ0) is 19.8. The van der Waals surface area contributed by atoms with E-state index in [1.165, 1.54) is 0 Å². The lowest BCUT2D eigenvalue weighted by Gasteiger charge is -2.34. The van der Waals surface area contributed by atoms with Crippen LogP contribution in [0.3, 0.4) is 0 Å². The molecule has 3 rings (SSSR count). The van der Waals surface area contributed by atoms with E-state index < -0.39 is 37.6 Å². The fourth-order valence-electron chi connectivity index (χ4n) is 3.06. The molecule has 1 aliphatic heterocycles. The molecule has 0 aromatic heterocycles. The Morgan fingerprint density at radius 1 is 0.963 bits per heavy atom. The summed E-state index contributed by atoms with van der Waals surface area (Å²) in [6.07, 6.45) is 0. The molecule has 140 valence electrons. The molecule has 1 saturated heterocycles. The minimum atomic E-state index is -1.71. The number of fused-ring (bicyclic) bond motifs is 1. The maximum atomic E-state index is 12.6. The van der Waals surface area contributed by atoms with E-state index in [0.717, 1.165) is 16.3 Å². The van der Waals surface area contributed by atoms with Crippen LogP contribution in [0.25, 0.3) is 10.8 Å². The van der Waals surface area contributed by atoms with Gasteiger partial charge in [-0.25, -0.2) is 0 Å². The Balaban J connectivity index is 2.09. The quantitative estimate of drug-likeness (QED) is 0.338. The Hall–Kier alpha value is -2.58. The fourth-order valence-corrected chi connectivity index (χ4v) is 3.64. The van der Waals surface area contributed by atoms with Crippen molar-refractivity contribution in [2.45, 2.75) is 45.2 Å². The van der Waals surface area contributed by atoms with Gasteiger partial charge < -0.3 is 9.47 Å². The molecule has 0 amide bonds. The molecule has 4 nitrogen and oxygen atoms in total. The molecule has 0 saturated carbocycles. The van der Waals surface area contributed by atoms with Crippen LogP contribution >= 0.6 is 0 Å². The van der Waals surface area contributed by atoms with Gasteiger partial charge in [0.2, 0.25) is 0 Å². The first-order valence-electron chi connectivity index (χ1n) is 9.03. The number of cyclic esters (lactones) is 2. The standard InChI is InChI=1S/C22H24O4Si/c1-22(2)25-20(23)19(21(24)26-22)18(12-13-27(3,4)5)17-11-10-15-8-6-7-9-16(15)14-17/h6-11,14,18-19H,1-5H3/t18-/m1/s1. The van der Waals surface area contributed by atoms with Crippen LogP contribution in [0.15, 0.2) is 42.5 Å². The van der Waals surface area contributed by atoms with Crippen LogP contribution in [-0.2, 0) is 19.1 Å². The van der Waals surface area contributed by atoms with Crippen LogP contribution in [-0.4, -0.2) is 25.8 Å². The van der Waals surface area contributed by atoms with Crippen molar-refractivity contribution in [1.82, 2.24) is 0 Å². The molecule has 0 unspecified atom stereocenters. The molecular formula is C22H24O4Si. The molecule has 1 heterocycles. The minimum Gasteiger partial charge on any atom is -0.422 e. The predicted molar refractivity (Wildman–Crippen MR) is 108 cm³/mol. The first-order valence-corrected chi connectivity index (χ1v) is 12.5. The number of esters is 2. The van der Waals surface area contributed by atoms with Gasteiger partial charge in [-0.15, -0.1) is 11.5 Å². The molecule has 0 N–H and O–H groups in total. The van der Waals surface area contributed by atoms with E-state index in [4.69, 9.17) is 9.47 Å². The van der Waals surface area contributed by atoms with Gasteiger partial charge in [0.25, 0.3) is 5.79 Å².